The molecular weight excluding hydrogens is 274 g/mol. The topological polar surface area (TPSA) is 49.3 Å². The third-order valence-electron chi connectivity index (χ3n) is 3.98. The third kappa shape index (κ3) is 3.43. The molecule has 0 spiro atoms. The Hall–Kier alpha value is -2.39. The van der Waals surface area contributed by atoms with Crippen molar-refractivity contribution in [1.82, 2.24) is 5.32 Å². The largest absolute Gasteiger partial charge is 0.387 e. The number of carbonyl (C=O) groups excluding carboxylic acids is 1. The van der Waals surface area contributed by atoms with Gasteiger partial charge in [0.2, 0.25) is 5.91 Å². The summed E-state index contributed by atoms with van der Waals surface area (Å²) in [5.41, 5.74) is 2.43. The molecule has 22 heavy (non-hydrogen) atoms. The van der Waals surface area contributed by atoms with Crippen molar-refractivity contribution in [2.24, 2.45) is 0 Å². The van der Waals surface area contributed by atoms with Gasteiger partial charge in [0.1, 0.15) is 0 Å². The average Bonchev–Trinajstić information content (AvgIpc) is 2.88. The number of fused-ring (bicyclic) bond motifs is 1. The summed E-state index contributed by atoms with van der Waals surface area (Å²) in [5.74, 6) is -0.187. The Morgan fingerprint density at radius 2 is 1.64 bits per heavy atom. The van der Waals surface area contributed by atoms with Gasteiger partial charge in [-0.05, 0) is 22.8 Å². The second-order valence-corrected chi connectivity index (χ2v) is 5.81. The summed E-state index contributed by atoms with van der Waals surface area (Å²) in [6, 6.07) is 17.7. The fourth-order valence-corrected chi connectivity index (χ4v) is 2.85. The van der Waals surface area contributed by atoms with Crippen LogP contribution in [0.15, 0.2) is 60.7 Å². The predicted molar refractivity (Wildman–Crippen MR) is 87.3 cm³/mol. The van der Waals surface area contributed by atoms with Crippen LogP contribution in [0.1, 0.15) is 16.7 Å². The molecular formula is C19H19NO2. The summed E-state index contributed by atoms with van der Waals surface area (Å²) in [4.78, 5) is 11.9. The molecule has 1 aliphatic rings. The van der Waals surface area contributed by atoms with E-state index in [0.717, 1.165) is 5.56 Å². The van der Waals surface area contributed by atoms with Crippen molar-refractivity contribution in [1.29, 1.82) is 0 Å². The third-order valence-corrected chi connectivity index (χ3v) is 3.98. The molecule has 2 N–H and O–H groups in total. The lowest BCUT2D eigenvalue weighted by Gasteiger charge is -2.22. The molecule has 0 heterocycles. The second kappa shape index (κ2) is 6.16. The molecule has 112 valence electrons. The van der Waals surface area contributed by atoms with E-state index < -0.39 is 5.60 Å². The number of hydrogen-bond acceptors (Lipinski definition) is 2. The quantitative estimate of drug-likeness (QED) is 0.850. The summed E-state index contributed by atoms with van der Waals surface area (Å²) in [6.07, 6.45) is 4.45. The summed E-state index contributed by atoms with van der Waals surface area (Å²) >= 11 is 0. The minimum Gasteiger partial charge on any atom is -0.387 e. The molecule has 3 rings (SSSR count). The number of aliphatic hydroxyl groups is 1. The van der Waals surface area contributed by atoms with Gasteiger partial charge in [0.05, 0.1) is 5.60 Å². The van der Waals surface area contributed by atoms with Crippen molar-refractivity contribution in [3.8, 4) is 0 Å². The first-order chi connectivity index (χ1) is 10.6. The van der Waals surface area contributed by atoms with E-state index in [-0.39, 0.29) is 12.5 Å². The highest BCUT2D eigenvalue weighted by atomic mass is 16.3. The molecule has 0 aliphatic heterocycles. The molecule has 0 radical (unpaired) electrons. The maximum Gasteiger partial charge on any atom is 0.244 e. The number of amides is 1. The predicted octanol–water partition coefficient (Wildman–Crippen LogP) is 2.35. The van der Waals surface area contributed by atoms with Gasteiger partial charge in [-0.1, -0.05) is 54.6 Å². The molecule has 1 aliphatic carbocycles. The first kappa shape index (κ1) is 14.5. The maximum absolute atomic E-state index is 11.9. The van der Waals surface area contributed by atoms with Crippen LogP contribution in [0.3, 0.4) is 0 Å². The highest BCUT2D eigenvalue weighted by molar-refractivity contribution is 5.91. The molecule has 0 atom stereocenters. The monoisotopic (exact) mass is 293 g/mol. The highest BCUT2D eigenvalue weighted by Gasteiger charge is 2.34. The molecule has 2 aromatic rings. The molecule has 0 saturated carbocycles. The van der Waals surface area contributed by atoms with Gasteiger partial charge in [-0.25, -0.2) is 0 Å². The summed E-state index contributed by atoms with van der Waals surface area (Å²) in [5, 5.41) is 13.4. The fourth-order valence-electron chi connectivity index (χ4n) is 2.85. The van der Waals surface area contributed by atoms with E-state index in [9.17, 15) is 9.90 Å². The number of benzene rings is 2. The van der Waals surface area contributed by atoms with Crippen molar-refractivity contribution in [3.63, 3.8) is 0 Å². The zero-order chi connectivity index (χ0) is 15.4. The molecule has 3 heteroatoms. The van der Waals surface area contributed by atoms with Crippen LogP contribution in [0, 0.1) is 0 Å². The van der Waals surface area contributed by atoms with Crippen LogP contribution in [0.4, 0.5) is 0 Å². The van der Waals surface area contributed by atoms with E-state index in [1.54, 1.807) is 6.08 Å². The molecule has 1 amide bonds. The first-order valence-corrected chi connectivity index (χ1v) is 7.45. The van der Waals surface area contributed by atoms with Crippen LogP contribution in [0.5, 0.6) is 0 Å². The van der Waals surface area contributed by atoms with Crippen molar-refractivity contribution < 1.29 is 9.90 Å². The van der Waals surface area contributed by atoms with E-state index in [0.29, 0.717) is 12.8 Å². The van der Waals surface area contributed by atoms with Gasteiger partial charge in [-0.2, -0.15) is 0 Å². The van der Waals surface area contributed by atoms with Crippen LogP contribution in [0.25, 0.3) is 6.08 Å². The maximum atomic E-state index is 11.9. The van der Waals surface area contributed by atoms with Gasteiger partial charge >= 0.3 is 0 Å². The van der Waals surface area contributed by atoms with E-state index in [1.807, 2.05) is 54.6 Å². The van der Waals surface area contributed by atoms with Crippen LogP contribution in [0.2, 0.25) is 0 Å². The van der Waals surface area contributed by atoms with Gasteiger partial charge in [0, 0.05) is 25.5 Å². The molecule has 0 saturated heterocycles. The van der Waals surface area contributed by atoms with Crippen molar-refractivity contribution >= 4 is 12.0 Å². The number of nitrogens with one attached hydrogen (secondary N) is 1. The van der Waals surface area contributed by atoms with Crippen LogP contribution in [-0.2, 0) is 17.6 Å². The zero-order valence-electron chi connectivity index (χ0n) is 12.3. The van der Waals surface area contributed by atoms with Crippen molar-refractivity contribution in [3.05, 3.63) is 77.4 Å². The number of hydrogen-bond donors (Lipinski definition) is 2. The Kier molecular flexibility index (Phi) is 4.07. The minimum absolute atomic E-state index is 0.187. The Morgan fingerprint density at radius 1 is 1.05 bits per heavy atom. The van der Waals surface area contributed by atoms with Gasteiger partial charge in [-0.3, -0.25) is 4.79 Å². The Balaban J connectivity index is 1.55. The molecule has 0 unspecified atom stereocenters. The Labute approximate surface area is 130 Å². The van der Waals surface area contributed by atoms with Crippen molar-refractivity contribution in [2.75, 3.05) is 6.54 Å². The second-order valence-electron chi connectivity index (χ2n) is 5.81. The normalized spacial score (nSPS) is 15.7. The first-order valence-electron chi connectivity index (χ1n) is 7.45. The minimum atomic E-state index is -0.875. The van der Waals surface area contributed by atoms with Gasteiger partial charge in [0.25, 0.3) is 0 Å². The molecule has 3 nitrogen and oxygen atoms in total. The lowest BCUT2D eigenvalue weighted by atomic mass is 10.0. The van der Waals surface area contributed by atoms with Gasteiger partial charge in [-0.15, -0.1) is 0 Å². The lowest BCUT2D eigenvalue weighted by Crippen LogP contribution is -2.43. The Bertz CT molecular complexity index is 667. The Morgan fingerprint density at radius 3 is 2.27 bits per heavy atom. The zero-order valence-corrected chi connectivity index (χ0v) is 12.3. The van der Waals surface area contributed by atoms with Crippen molar-refractivity contribution in [2.45, 2.75) is 18.4 Å². The number of carbonyl (C=O) groups is 1. The SMILES string of the molecule is O=C(/C=C/c1ccccc1)NCC1(O)Cc2ccccc2C1. The van der Waals surface area contributed by atoms with Crippen LogP contribution in [-0.4, -0.2) is 23.2 Å². The van der Waals surface area contributed by atoms with Gasteiger partial charge in [0.15, 0.2) is 0 Å². The van der Waals surface area contributed by atoms with Gasteiger partial charge < -0.3 is 10.4 Å². The van der Waals surface area contributed by atoms with E-state index in [2.05, 4.69) is 5.32 Å². The number of rotatable bonds is 4. The summed E-state index contributed by atoms with van der Waals surface area (Å²) < 4.78 is 0. The highest BCUT2D eigenvalue weighted by Crippen LogP contribution is 2.29. The lowest BCUT2D eigenvalue weighted by molar-refractivity contribution is -0.117. The van der Waals surface area contributed by atoms with Crippen LogP contribution < -0.4 is 5.32 Å². The molecule has 0 bridgehead atoms. The average molecular weight is 293 g/mol. The standard InChI is InChI=1S/C19H19NO2/c21-18(11-10-15-6-2-1-3-7-15)20-14-19(22)12-16-8-4-5-9-17(16)13-19/h1-11,22H,12-14H2,(H,20,21)/b11-10+. The fraction of sp³-hybridized carbons (Fsp3) is 0.211. The summed E-state index contributed by atoms with van der Waals surface area (Å²) in [7, 11) is 0. The van der Waals surface area contributed by atoms with E-state index >= 15 is 0 Å². The summed E-state index contributed by atoms with van der Waals surface area (Å²) in [6.45, 7) is 0.264. The smallest absolute Gasteiger partial charge is 0.244 e. The van der Waals surface area contributed by atoms with E-state index in [4.69, 9.17) is 0 Å². The van der Waals surface area contributed by atoms with E-state index in [1.165, 1.54) is 17.2 Å². The van der Waals surface area contributed by atoms with Crippen LogP contribution >= 0.6 is 0 Å². The molecule has 0 fully saturated rings. The molecule has 0 aromatic heterocycles. The molecule has 2 aromatic carbocycles.